The summed E-state index contributed by atoms with van der Waals surface area (Å²) in [5.74, 6) is -0.716. The van der Waals surface area contributed by atoms with Crippen LogP contribution in [-0.4, -0.2) is 48.4 Å². The molecule has 9 nitrogen and oxygen atoms in total. The molecular weight excluding hydrogens is 524 g/mol. The Morgan fingerprint density at radius 3 is 1.85 bits per heavy atom. The molecule has 0 aromatic heterocycles. The van der Waals surface area contributed by atoms with Crippen molar-refractivity contribution >= 4 is 18.0 Å². The van der Waals surface area contributed by atoms with E-state index in [0.29, 0.717) is 12.2 Å². The third-order valence-electron chi connectivity index (χ3n) is 6.31. The van der Waals surface area contributed by atoms with Crippen molar-refractivity contribution in [3.05, 3.63) is 102 Å². The summed E-state index contributed by atoms with van der Waals surface area (Å²) in [6.45, 7) is 3.91. The zero-order valence-corrected chi connectivity index (χ0v) is 23.6. The highest BCUT2D eigenvalue weighted by Gasteiger charge is 2.32. The van der Waals surface area contributed by atoms with Crippen LogP contribution in [0.25, 0.3) is 0 Å². The lowest BCUT2D eigenvalue weighted by Gasteiger charge is -2.26. The lowest BCUT2D eigenvalue weighted by Crippen LogP contribution is -2.55. The lowest BCUT2D eigenvalue weighted by atomic mass is 9.99. The van der Waals surface area contributed by atoms with Crippen LogP contribution in [0.3, 0.4) is 0 Å². The topological polar surface area (TPSA) is 123 Å². The second kappa shape index (κ2) is 16.0. The van der Waals surface area contributed by atoms with E-state index in [9.17, 15) is 19.5 Å². The molecule has 3 aromatic carbocycles. The number of nitrogens with one attached hydrogen (secondary N) is 2. The van der Waals surface area contributed by atoms with Gasteiger partial charge in [-0.25, -0.2) is 9.59 Å². The molecule has 0 saturated heterocycles. The second-order valence-electron chi connectivity index (χ2n) is 10.1. The number of benzene rings is 3. The van der Waals surface area contributed by atoms with E-state index in [1.165, 1.54) is 0 Å². The fourth-order valence-corrected chi connectivity index (χ4v) is 4.13. The van der Waals surface area contributed by atoms with Crippen molar-refractivity contribution in [1.29, 1.82) is 0 Å². The molecule has 9 heteroatoms. The molecule has 3 atom stereocenters. The summed E-state index contributed by atoms with van der Waals surface area (Å²) < 4.78 is 16.0. The van der Waals surface area contributed by atoms with E-state index >= 15 is 0 Å². The van der Waals surface area contributed by atoms with Crippen molar-refractivity contribution in [1.82, 2.24) is 10.6 Å². The van der Waals surface area contributed by atoms with Gasteiger partial charge in [0, 0.05) is 0 Å². The molecule has 0 bridgehead atoms. The zero-order valence-electron chi connectivity index (χ0n) is 23.6. The van der Waals surface area contributed by atoms with E-state index < -0.39 is 36.2 Å². The number of aliphatic hydroxyl groups is 1. The van der Waals surface area contributed by atoms with E-state index in [-0.39, 0.29) is 25.6 Å². The predicted octanol–water partition coefficient (Wildman–Crippen LogP) is 4.17. The fraction of sp³-hybridized carbons (Fsp3) is 0.344. The van der Waals surface area contributed by atoms with Gasteiger partial charge < -0.3 is 30.0 Å². The summed E-state index contributed by atoms with van der Waals surface area (Å²) in [6, 6.07) is 23.4. The minimum absolute atomic E-state index is 0.0218. The van der Waals surface area contributed by atoms with E-state index in [0.717, 1.165) is 16.7 Å². The van der Waals surface area contributed by atoms with Crippen LogP contribution in [0.4, 0.5) is 4.79 Å². The van der Waals surface area contributed by atoms with Gasteiger partial charge in [0.2, 0.25) is 0 Å². The second-order valence-corrected chi connectivity index (χ2v) is 10.1. The summed E-state index contributed by atoms with van der Waals surface area (Å²) in [5.41, 5.74) is 2.35. The first-order chi connectivity index (χ1) is 19.7. The quantitative estimate of drug-likeness (QED) is 0.252. The first kappa shape index (κ1) is 31.2. The highest BCUT2D eigenvalue weighted by atomic mass is 16.5. The number of aliphatic hydroxyl groups excluding tert-OH is 1. The third kappa shape index (κ3) is 10.6. The van der Waals surface area contributed by atoms with E-state index in [1.54, 1.807) is 31.4 Å². The molecule has 0 radical (unpaired) electrons. The number of amides is 2. The SMILES string of the molecule is COc1ccc(CC(NC(=O)OCc2ccccc2)C(O)C(=O)N[C@@H](CC(C)C)C(=O)OCc2ccccc2)cc1. The molecule has 3 aromatic rings. The van der Waals surface area contributed by atoms with Crippen LogP contribution in [-0.2, 0) is 38.7 Å². The molecule has 0 saturated carbocycles. The van der Waals surface area contributed by atoms with Crippen LogP contribution in [0.2, 0.25) is 0 Å². The monoisotopic (exact) mass is 562 g/mol. The molecule has 3 rings (SSSR count). The van der Waals surface area contributed by atoms with Gasteiger partial charge in [-0.05, 0) is 47.6 Å². The maximum Gasteiger partial charge on any atom is 0.407 e. The highest BCUT2D eigenvalue weighted by Crippen LogP contribution is 2.15. The average Bonchev–Trinajstić information content (AvgIpc) is 2.99. The first-order valence-corrected chi connectivity index (χ1v) is 13.5. The molecule has 0 spiro atoms. The number of rotatable bonds is 14. The fourth-order valence-electron chi connectivity index (χ4n) is 4.13. The van der Waals surface area contributed by atoms with Crippen molar-refractivity contribution in [2.45, 2.75) is 58.1 Å². The number of methoxy groups -OCH3 is 1. The maximum absolute atomic E-state index is 13.2. The Bertz CT molecular complexity index is 1230. The van der Waals surface area contributed by atoms with Gasteiger partial charge in [-0.15, -0.1) is 0 Å². The number of carbonyl (C=O) groups is 3. The Hall–Kier alpha value is -4.37. The third-order valence-corrected chi connectivity index (χ3v) is 6.31. The van der Waals surface area contributed by atoms with Gasteiger partial charge in [-0.3, -0.25) is 4.79 Å². The van der Waals surface area contributed by atoms with Crippen molar-refractivity contribution in [2.75, 3.05) is 7.11 Å². The van der Waals surface area contributed by atoms with E-state index in [4.69, 9.17) is 14.2 Å². The number of carbonyl (C=O) groups excluding carboxylic acids is 3. The van der Waals surface area contributed by atoms with Crippen LogP contribution in [0.1, 0.15) is 37.0 Å². The Morgan fingerprint density at radius 1 is 0.756 bits per heavy atom. The number of alkyl carbamates (subject to hydrolysis) is 1. The minimum atomic E-state index is -1.68. The molecule has 2 amide bonds. The van der Waals surface area contributed by atoms with Gasteiger partial charge in [-0.2, -0.15) is 0 Å². The Morgan fingerprint density at radius 2 is 1.32 bits per heavy atom. The first-order valence-electron chi connectivity index (χ1n) is 13.5. The number of hydrogen-bond donors (Lipinski definition) is 3. The van der Waals surface area contributed by atoms with Crippen LogP contribution in [0.15, 0.2) is 84.9 Å². The van der Waals surface area contributed by atoms with Gasteiger partial charge in [-0.1, -0.05) is 86.6 Å². The molecule has 0 aliphatic rings. The van der Waals surface area contributed by atoms with E-state index in [2.05, 4.69) is 10.6 Å². The average molecular weight is 563 g/mol. The number of esters is 1. The summed E-state index contributed by atoms with van der Waals surface area (Å²) in [6.07, 6.45) is -2.05. The van der Waals surface area contributed by atoms with Gasteiger partial charge in [0.05, 0.1) is 13.2 Å². The zero-order chi connectivity index (χ0) is 29.6. The van der Waals surface area contributed by atoms with Crippen LogP contribution < -0.4 is 15.4 Å². The summed E-state index contributed by atoms with van der Waals surface area (Å²) in [5, 5.41) is 16.3. The van der Waals surface area contributed by atoms with Gasteiger partial charge in [0.15, 0.2) is 6.10 Å². The molecular formula is C32H38N2O7. The maximum atomic E-state index is 13.2. The van der Waals surface area contributed by atoms with E-state index in [1.807, 2.05) is 74.5 Å². The molecule has 0 aliphatic heterocycles. The lowest BCUT2D eigenvalue weighted by molar-refractivity contribution is -0.150. The van der Waals surface area contributed by atoms with Crippen molar-refractivity contribution in [3.63, 3.8) is 0 Å². The molecule has 3 N–H and O–H groups in total. The van der Waals surface area contributed by atoms with Crippen molar-refractivity contribution in [2.24, 2.45) is 5.92 Å². The molecule has 0 aliphatic carbocycles. The highest BCUT2D eigenvalue weighted by molar-refractivity contribution is 5.87. The number of ether oxygens (including phenoxy) is 3. The summed E-state index contributed by atoms with van der Waals surface area (Å²) >= 11 is 0. The van der Waals surface area contributed by atoms with Gasteiger partial charge in [0.25, 0.3) is 5.91 Å². The Balaban J connectivity index is 1.70. The molecule has 218 valence electrons. The summed E-state index contributed by atoms with van der Waals surface area (Å²) in [4.78, 5) is 38.8. The minimum Gasteiger partial charge on any atom is -0.497 e. The molecule has 0 fully saturated rings. The largest absolute Gasteiger partial charge is 0.497 e. The van der Waals surface area contributed by atoms with Crippen molar-refractivity contribution < 1.29 is 33.7 Å². The molecule has 41 heavy (non-hydrogen) atoms. The van der Waals surface area contributed by atoms with Crippen LogP contribution in [0, 0.1) is 5.92 Å². The molecule has 2 unspecified atom stereocenters. The Kier molecular flexibility index (Phi) is 12.2. The van der Waals surface area contributed by atoms with Gasteiger partial charge >= 0.3 is 12.1 Å². The van der Waals surface area contributed by atoms with Gasteiger partial charge in [0.1, 0.15) is 25.0 Å². The Labute approximate surface area is 240 Å². The number of hydrogen-bond acceptors (Lipinski definition) is 7. The standard InChI is InChI=1S/C32H38N2O7/c1-22(2)18-28(31(37)40-20-24-10-6-4-7-11-24)33-30(36)29(35)27(19-23-14-16-26(39-3)17-15-23)34-32(38)41-21-25-12-8-5-9-13-25/h4-17,22,27-29,35H,18-21H2,1-3H3,(H,33,36)(H,34,38)/t27?,28-,29?/m0/s1. The van der Waals surface area contributed by atoms with Crippen LogP contribution in [0.5, 0.6) is 5.75 Å². The van der Waals surface area contributed by atoms with Crippen molar-refractivity contribution in [3.8, 4) is 5.75 Å². The normalized spacial score (nSPS) is 13.0. The smallest absolute Gasteiger partial charge is 0.407 e. The predicted molar refractivity (Wildman–Crippen MR) is 154 cm³/mol. The van der Waals surface area contributed by atoms with Crippen LogP contribution >= 0.6 is 0 Å². The summed E-state index contributed by atoms with van der Waals surface area (Å²) in [7, 11) is 1.55. The molecule has 0 heterocycles.